The first-order chi connectivity index (χ1) is 17.7. The zero-order chi connectivity index (χ0) is 26.5. The minimum atomic E-state index is -1.11. The smallest absolute Gasteiger partial charge is 0.336 e. The molecule has 4 rings (SSSR count). The number of rotatable bonds is 8. The second-order valence-electron chi connectivity index (χ2n) is 8.15. The summed E-state index contributed by atoms with van der Waals surface area (Å²) in [5.41, 5.74) is 6.79. The highest BCUT2D eigenvalue weighted by Gasteiger charge is 2.19. The number of nitrogens with two attached hydrogens (primary N) is 1. The van der Waals surface area contributed by atoms with Crippen LogP contribution in [-0.2, 0) is 4.79 Å². The maximum Gasteiger partial charge on any atom is 0.336 e. The van der Waals surface area contributed by atoms with Gasteiger partial charge in [-0.3, -0.25) is 14.4 Å². The molecule has 37 heavy (non-hydrogen) atoms. The van der Waals surface area contributed by atoms with Gasteiger partial charge in [-0.15, -0.1) is 11.8 Å². The summed E-state index contributed by atoms with van der Waals surface area (Å²) in [6, 6.07) is 23.4. The molecule has 0 saturated carbocycles. The molecule has 0 aliphatic heterocycles. The van der Waals surface area contributed by atoms with Crippen LogP contribution in [0, 0.1) is 0 Å². The molecule has 0 bridgehead atoms. The molecule has 4 aromatic rings. The number of carbonyl (C=O) groups is 4. The molecule has 0 saturated heterocycles. The summed E-state index contributed by atoms with van der Waals surface area (Å²) in [5.74, 6) is -2.46. The summed E-state index contributed by atoms with van der Waals surface area (Å²) in [6.45, 7) is 1.74. The van der Waals surface area contributed by atoms with Crippen molar-refractivity contribution in [2.45, 2.75) is 17.1 Å². The molecule has 9 heteroatoms. The number of hydrogen-bond donors (Lipinski definition) is 4. The number of amides is 3. The Bertz CT molecular complexity index is 1510. The van der Waals surface area contributed by atoms with Gasteiger partial charge < -0.3 is 21.5 Å². The van der Waals surface area contributed by atoms with Crippen LogP contribution in [0.2, 0.25) is 0 Å². The Balaban J connectivity index is 1.44. The highest BCUT2D eigenvalue weighted by molar-refractivity contribution is 8.00. The van der Waals surface area contributed by atoms with E-state index in [1.807, 2.05) is 0 Å². The Labute approximate surface area is 216 Å². The van der Waals surface area contributed by atoms with Crippen molar-refractivity contribution in [3.63, 3.8) is 0 Å². The molecule has 0 spiro atoms. The molecular weight excluding hydrogens is 490 g/mol. The van der Waals surface area contributed by atoms with Crippen molar-refractivity contribution in [2.24, 2.45) is 5.73 Å². The Morgan fingerprint density at radius 1 is 0.784 bits per heavy atom. The fourth-order valence-electron chi connectivity index (χ4n) is 3.82. The van der Waals surface area contributed by atoms with Crippen molar-refractivity contribution in [1.82, 2.24) is 0 Å². The van der Waals surface area contributed by atoms with Crippen molar-refractivity contribution in [2.75, 3.05) is 10.6 Å². The molecular formula is C28H23N3O5S. The van der Waals surface area contributed by atoms with Crippen LogP contribution >= 0.6 is 11.8 Å². The van der Waals surface area contributed by atoms with Crippen LogP contribution in [-0.4, -0.2) is 34.0 Å². The van der Waals surface area contributed by atoms with Gasteiger partial charge >= 0.3 is 5.97 Å². The number of carbonyl (C=O) groups excluding carboxylic acids is 3. The number of para-hydroxylation sites is 1. The van der Waals surface area contributed by atoms with Crippen LogP contribution in [0.3, 0.4) is 0 Å². The van der Waals surface area contributed by atoms with E-state index >= 15 is 0 Å². The number of primary amides is 1. The molecule has 0 aromatic heterocycles. The summed E-state index contributed by atoms with van der Waals surface area (Å²) in [5, 5.41) is 15.7. The van der Waals surface area contributed by atoms with Crippen LogP contribution in [0.4, 0.5) is 11.4 Å². The van der Waals surface area contributed by atoms with E-state index < -0.39 is 23.0 Å². The van der Waals surface area contributed by atoms with E-state index in [1.54, 1.807) is 85.8 Å². The average Bonchev–Trinajstić information content (AvgIpc) is 2.89. The molecule has 0 aliphatic carbocycles. The first-order valence-electron chi connectivity index (χ1n) is 11.3. The summed E-state index contributed by atoms with van der Waals surface area (Å²) < 4.78 is 0. The second kappa shape index (κ2) is 11.0. The predicted molar refractivity (Wildman–Crippen MR) is 144 cm³/mol. The zero-order valence-electron chi connectivity index (χ0n) is 19.7. The molecule has 5 N–H and O–H groups in total. The van der Waals surface area contributed by atoms with Gasteiger partial charge in [-0.2, -0.15) is 0 Å². The first kappa shape index (κ1) is 25.5. The number of carboxylic acids is 1. The highest BCUT2D eigenvalue weighted by atomic mass is 32.2. The Kier molecular flexibility index (Phi) is 7.55. The summed E-state index contributed by atoms with van der Waals surface area (Å²) in [6.07, 6.45) is 0. The Morgan fingerprint density at radius 3 is 2.05 bits per heavy atom. The van der Waals surface area contributed by atoms with Gasteiger partial charge in [0.25, 0.3) is 11.8 Å². The van der Waals surface area contributed by atoms with Gasteiger partial charge in [-0.25, -0.2) is 4.79 Å². The van der Waals surface area contributed by atoms with Gasteiger partial charge in [0.05, 0.1) is 22.1 Å². The molecule has 0 aliphatic rings. The highest BCUT2D eigenvalue weighted by Crippen LogP contribution is 2.28. The van der Waals surface area contributed by atoms with Gasteiger partial charge in [-0.1, -0.05) is 36.4 Å². The monoisotopic (exact) mass is 513 g/mol. The third-order valence-corrected chi connectivity index (χ3v) is 6.74. The van der Waals surface area contributed by atoms with E-state index in [0.717, 1.165) is 4.90 Å². The first-order valence-corrected chi connectivity index (χ1v) is 12.2. The lowest BCUT2D eigenvalue weighted by atomic mass is 9.98. The Hall–Kier alpha value is -4.63. The number of aromatic carboxylic acids is 1. The largest absolute Gasteiger partial charge is 0.478 e. The second-order valence-corrected chi connectivity index (χ2v) is 9.57. The molecule has 8 nitrogen and oxygen atoms in total. The van der Waals surface area contributed by atoms with E-state index in [-0.39, 0.29) is 22.6 Å². The van der Waals surface area contributed by atoms with E-state index in [9.17, 15) is 24.3 Å². The molecule has 186 valence electrons. The van der Waals surface area contributed by atoms with Gasteiger partial charge in [-0.05, 0) is 60.8 Å². The lowest BCUT2D eigenvalue weighted by Crippen LogP contribution is -2.24. The number of anilines is 2. The van der Waals surface area contributed by atoms with Crippen molar-refractivity contribution in [1.29, 1.82) is 0 Å². The maximum atomic E-state index is 13.0. The van der Waals surface area contributed by atoms with Gasteiger partial charge in [0.1, 0.15) is 0 Å². The number of thioether (sulfide) groups is 1. The number of fused-ring (bicyclic) bond motifs is 1. The molecule has 1 atom stereocenters. The average molecular weight is 514 g/mol. The standard InChI is InChI=1S/C28H23N3O5S/c1-16(26(33)31-23-11-3-2-8-20(23)25(29)32)37-19-14-12-18(13-15-19)30-27(34)21-9-4-6-17-7-5-10-22(24(17)21)28(35)36/h2-16H,1H3,(H2,29,32)(H,30,34)(H,31,33)(H,35,36). The van der Waals surface area contributed by atoms with E-state index in [2.05, 4.69) is 10.6 Å². The van der Waals surface area contributed by atoms with Crippen molar-refractivity contribution in [3.8, 4) is 0 Å². The van der Waals surface area contributed by atoms with E-state index in [4.69, 9.17) is 5.73 Å². The summed E-state index contributed by atoms with van der Waals surface area (Å²) >= 11 is 1.31. The van der Waals surface area contributed by atoms with Crippen LogP contribution in [0.25, 0.3) is 10.8 Å². The molecule has 0 fully saturated rings. The number of nitrogens with one attached hydrogen (secondary N) is 2. The fourth-order valence-corrected chi connectivity index (χ4v) is 4.69. The SMILES string of the molecule is CC(Sc1ccc(NC(=O)c2cccc3cccc(C(=O)O)c23)cc1)C(=O)Nc1ccccc1C(N)=O. The quantitative estimate of drug-likeness (QED) is 0.244. The van der Waals surface area contributed by atoms with Crippen LogP contribution < -0.4 is 16.4 Å². The third kappa shape index (κ3) is 5.79. The van der Waals surface area contributed by atoms with Gasteiger partial charge in [0.2, 0.25) is 5.91 Å². The molecule has 0 heterocycles. The topological polar surface area (TPSA) is 139 Å². The Morgan fingerprint density at radius 2 is 1.41 bits per heavy atom. The molecule has 0 radical (unpaired) electrons. The third-order valence-electron chi connectivity index (χ3n) is 5.62. The van der Waals surface area contributed by atoms with Crippen molar-refractivity contribution < 1.29 is 24.3 Å². The molecule has 1 unspecified atom stereocenters. The molecule has 3 amide bonds. The molecule has 4 aromatic carbocycles. The maximum absolute atomic E-state index is 13.0. The summed E-state index contributed by atoms with van der Waals surface area (Å²) in [7, 11) is 0. The van der Waals surface area contributed by atoms with Gasteiger partial charge in [0, 0.05) is 21.5 Å². The minimum Gasteiger partial charge on any atom is -0.478 e. The normalized spacial score (nSPS) is 11.5. The van der Waals surface area contributed by atoms with E-state index in [1.165, 1.54) is 17.8 Å². The number of benzene rings is 4. The van der Waals surface area contributed by atoms with E-state index in [0.29, 0.717) is 22.1 Å². The zero-order valence-corrected chi connectivity index (χ0v) is 20.5. The fraction of sp³-hybridized carbons (Fsp3) is 0.0714. The van der Waals surface area contributed by atoms with Gasteiger partial charge in [0.15, 0.2) is 0 Å². The van der Waals surface area contributed by atoms with Crippen molar-refractivity contribution in [3.05, 3.63) is 102 Å². The van der Waals surface area contributed by atoms with Crippen LogP contribution in [0.5, 0.6) is 0 Å². The predicted octanol–water partition coefficient (Wildman–Crippen LogP) is 5.01. The summed E-state index contributed by atoms with van der Waals surface area (Å²) in [4.78, 5) is 49.7. The number of hydrogen-bond acceptors (Lipinski definition) is 5. The van der Waals surface area contributed by atoms with Crippen LogP contribution in [0.1, 0.15) is 38.0 Å². The van der Waals surface area contributed by atoms with Crippen LogP contribution in [0.15, 0.2) is 89.8 Å². The lowest BCUT2D eigenvalue weighted by molar-refractivity contribution is -0.115. The lowest BCUT2D eigenvalue weighted by Gasteiger charge is -2.14. The number of carboxylic acid groups (broad SMARTS) is 1. The minimum absolute atomic E-state index is 0.0562. The van der Waals surface area contributed by atoms with Crippen molar-refractivity contribution >= 4 is 57.6 Å².